The number of nitrogens with zero attached hydrogens (tertiary/aromatic N) is 3. The van der Waals surface area contributed by atoms with E-state index in [4.69, 9.17) is 20.2 Å². The smallest absolute Gasteiger partial charge is 0.231 e. The molecule has 29 heavy (non-hydrogen) atoms. The molecule has 0 bridgehead atoms. The zero-order valence-electron chi connectivity index (χ0n) is 17.3. The first-order valence-corrected chi connectivity index (χ1v) is 10.6. The molecule has 2 aromatic heterocycles. The Balaban J connectivity index is 1.64. The summed E-state index contributed by atoms with van der Waals surface area (Å²) >= 11 is 1.62. The van der Waals surface area contributed by atoms with Gasteiger partial charge in [0.25, 0.3) is 0 Å². The van der Waals surface area contributed by atoms with Gasteiger partial charge >= 0.3 is 0 Å². The lowest BCUT2D eigenvalue weighted by Gasteiger charge is -2.20. The summed E-state index contributed by atoms with van der Waals surface area (Å²) in [5.74, 6) is 2.02. The topological polar surface area (TPSA) is 87.2 Å². The van der Waals surface area contributed by atoms with Gasteiger partial charge in [-0.3, -0.25) is 0 Å². The van der Waals surface area contributed by atoms with Gasteiger partial charge in [0.1, 0.15) is 13.4 Å². The molecule has 0 saturated carbocycles. The average molecular weight is 411 g/mol. The fourth-order valence-electron chi connectivity index (χ4n) is 3.28. The zero-order chi connectivity index (χ0) is 20.6. The SMILES string of the molecule is Bc1cc2c(cc1Sc1nc3c(N)nccc3n1CCCNC(C)(C)C)OCO2. The number of aryl methyl sites for hydroxylation is 1. The lowest BCUT2D eigenvalue weighted by Crippen LogP contribution is -2.36. The quantitative estimate of drug-likeness (QED) is 0.474. The van der Waals surface area contributed by atoms with Crippen LogP contribution in [-0.2, 0) is 6.54 Å². The van der Waals surface area contributed by atoms with Crippen molar-refractivity contribution in [3.05, 3.63) is 24.4 Å². The highest BCUT2D eigenvalue weighted by Gasteiger charge is 2.19. The normalized spacial score (nSPS) is 13.3. The Kier molecular flexibility index (Phi) is 5.35. The van der Waals surface area contributed by atoms with Crippen molar-refractivity contribution in [2.24, 2.45) is 0 Å². The summed E-state index contributed by atoms with van der Waals surface area (Å²) in [6.45, 7) is 8.57. The number of nitrogens with one attached hydrogen (secondary N) is 1. The van der Waals surface area contributed by atoms with Crippen LogP contribution in [0.3, 0.4) is 0 Å². The van der Waals surface area contributed by atoms with E-state index < -0.39 is 0 Å². The number of hydrogen-bond acceptors (Lipinski definition) is 7. The molecule has 9 heteroatoms. The van der Waals surface area contributed by atoms with E-state index in [0.29, 0.717) is 5.82 Å². The molecule has 0 amide bonds. The first-order valence-electron chi connectivity index (χ1n) is 9.76. The van der Waals surface area contributed by atoms with E-state index >= 15 is 0 Å². The van der Waals surface area contributed by atoms with Crippen molar-refractivity contribution < 1.29 is 9.47 Å². The van der Waals surface area contributed by atoms with Gasteiger partial charge in [0, 0.05) is 23.2 Å². The molecule has 0 saturated heterocycles. The number of pyridine rings is 1. The Morgan fingerprint density at radius 1 is 1.28 bits per heavy atom. The van der Waals surface area contributed by atoms with Crippen LogP contribution in [-0.4, -0.2) is 41.3 Å². The van der Waals surface area contributed by atoms with Gasteiger partial charge in [-0.25, -0.2) is 9.97 Å². The van der Waals surface area contributed by atoms with Crippen molar-refractivity contribution in [1.82, 2.24) is 19.9 Å². The number of ether oxygens (including phenoxy) is 2. The second-order valence-corrected chi connectivity index (χ2v) is 9.22. The van der Waals surface area contributed by atoms with Gasteiger partial charge in [-0.05, 0) is 51.9 Å². The Morgan fingerprint density at radius 2 is 2.03 bits per heavy atom. The van der Waals surface area contributed by atoms with Crippen LogP contribution in [0.5, 0.6) is 11.5 Å². The van der Waals surface area contributed by atoms with Crippen molar-refractivity contribution >= 4 is 41.9 Å². The lowest BCUT2D eigenvalue weighted by atomic mass is 9.96. The van der Waals surface area contributed by atoms with E-state index in [-0.39, 0.29) is 12.3 Å². The number of fused-ring (bicyclic) bond motifs is 2. The molecule has 3 heterocycles. The zero-order valence-corrected chi connectivity index (χ0v) is 18.1. The highest BCUT2D eigenvalue weighted by Crippen LogP contribution is 2.37. The van der Waals surface area contributed by atoms with Gasteiger partial charge in [-0.1, -0.05) is 17.2 Å². The van der Waals surface area contributed by atoms with Crippen LogP contribution >= 0.6 is 11.8 Å². The summed E-state index contributed by atoms with van der Waals surface area (Å²) < 4.78 is 13.3. The molecule has 0 aliphatic carbocycles. The molecule has 0 spiro atoms. The lowest BCUT2D eigenvalue weighted by molar-refractivity contribution is 0.174. The third-order valence-electron chi connectivity index (χ3n) is 4.75. The third-order valence-corrected chi connectivity index (χ3v) is 5.90. The van der Waals surface area contributed by atoms with Crippen molar-refractivity contribution in [2.75, 3.05) is 19.1 Å². The van der Waals surface area contributed by atoms with Crippen LogP contribution in [0.4, 0.5) is 5.82 Å². The van der Waals surface area contributed by atoms with E-state index in [0.717, 1.165) is 57.6 Å². The van der Waals surface area contributed by atoms with Gasteiger partial charge < -0.3 is 25.1 Å². The number of hydrogen-bond donors (Lipinski definition) is 2. The highest BCUT2D eigenvalue weighted by molar-refractivity contribution is 7.99. The molecule has 7 nitrogen and oxygen atoms in total. The predicted molar refractivity (Wildman–Crippen MR) is 119 cm³/mol. The molecule has 0 fully saturated rings. The number of aromatic nitrogens is 3. The maximum atomic E-state index is 6.10. The monoisotopic (exact) mass is 411 g/mol. The molecule has 1 aromatic carbocycles. The minimum atomic E-state index is 0.104. The van der Waals surface area contributed by atoms with E-state index in [2.05, 4.69) is 43.5 Å². The number of imidazole rings is 1. The maximum absolute atomic E-state index is 6.10. The van der Waals surface area contributed by atoms with E-state index in [1.807, 2.05) is 18.2 Å². The Morgan fingerprint density at radius 3 is 2.79 bits per heavy atom. The van der Waals surface area contributed by atoms with E-state index in [9.17, 15) is 0 Å². The molecule has 0 unspecified atom stereocenters. The Bertz CT molecular complexity index is 1050. The molecule has 1 aliphatic heterocycles. The van der Waals surface area contributed by atoms with Crippen LogP contribution in [0.25, 0.3) is 11.0 Å². The van der Waals surface area contributed by atoms with Crippen LogP contribution < -0.4 is 26.0 Å². The number of rotatable bonds is 6. The third kappa shape index (κ3) is 4.30. The average Bonchev–Trinajstić information content (AvgIpc) is 3.23. The minimum absolute atomic E-state index is 0.104. The molecule has 0 radical (unpaired) electrons. The predicted octanol–water partition coefficient (Wildman–Crippen LogP) is 1.93. The van der Waals surface area contributed by atoms with Crippen LogP contribution in [0, 0.1) is 0 Å². The Hall–Kier alpha value is -2.39. The van der Waals surface area contributed by atoms with Gasteiger partial charge in [-0.2, -0.15) is 0 Å². The first kappa shape index (κ1) is 19.9. The fourth-order valence-corrected chi connectivity index (χ4v) is 4.30. The molecular weight excluding hydrogens is 385 g/mol. The molecular formula is C20H26BN5O2S. The highest BCUT2D eigenvalue weighted by atomic mass is 32.2. The van der Waals surface area contributed by atoms with Crippen LogP contribution in [0.15, 0.2) is 34.4 Å². The maximum Gasteiger partial charge on any atom is 0.231 e. The minimum Gasteiger partial charge on any atom is -0.454 e. The fraction of sp³-hybridized carbons (Fsp3) is 0.400. The second-order valence-electron chi connectivity index (χ2n) is 8.21. The van der Waals surface area contributed by atoms with Crippen molar-refractivity contribution in [3.8, 4) is 11.5 Å². The number of nitrogens with two attached hydrogens (primary N) is 1. The second kappa shape index (κ2) is 7.80. The van der Waals surface area contributed by atoms with Crippen LogP contribution in [0.2, 0.25) is 0 Å². The largest absolute Gasteiger partial charge is 0.454 e. The molecule has 3 aromatic rings. The molecule has 1 aliphatic rings. The summed E-state index contributed by atoms with van der Waals surface area (Å²) in [6, 6.07) is 6.02. The summed E-state index contributed by atoms with van der Waals surface area (Å²) in [6.07, 6.45) is 2.72. The summed E-state index contributed by atoms with van der Waals surface area (Å²) in [5.41, 5.74) is 9.09. The standard InChI is InChI=1S/C20H26BN5O2S/c1-20(2,3)24-6-4-8-26-13-5-7-23-18(22)17(13)25-19(26)29-16-10-15-14(9-12(16)21)27-11-28-15/h5,7,9-10,24H,4,6,8,11,21H2,1-3H3,(H2,22,23). The van der Waals surface area contributed by atoms with Gasteiger partial charge in [0.15, 0.2) is 22.5 Å². The van der Waals surface area contributed by atoms with Gasteiger partial charge in [0.05, 0.1) is 5.52 Å². The van der Waals surface area contributed by atoms with E-state index in [1.54, 1.807) is 18.0 Å². The van der Waals surface area contributed by atoms with Crippen LogP contribution in [0.1, 0.15) is 27.2 Å². The summed E-state index contributed by atoms with van der Waals surface area (Å²) in [4.78, 5) is 10.1. The number of benzene rings is 1. The van der Waals surface area contributed by atoms with Crippen molar-refractivity contribution in [1.29, 1.82) is 0 Å². The summed E-state index contributed by atoms with van der Waals surface area (Å²) in [5, 5.41) is 4.44. The molecule has 0 atom stereocenters. The van der Waals surface area contributed by atoms with E-state index in [1.165, 1.54) is 0 Å². The van der Waals surface area contributed by atoms with Crippen molar-refractivity contribution in [2.45, 2.75) is 49.3 Å². The Labute approximate surface area is 175 Å². The molecule has 152 valence electrons. The molecule has 3 N–H and O–H groups in total. The molecule has 4 rings (SSSR count). The first-order chi connectivity index (χ1) is 13.8. The number of anilines is 1. The van der Waals surface area contributed by atoms with Gasteiger partial charge in [-0.15, -0.1) is 0 Å². The van der Waals surface area contributed by atoms with Gasteiger partial charge in [0.2, 0.25) is 6.79 Å². The van der Waals surface area contributed by atoms with Crippen molar-refractivity contribution in [3.63, 3.8) is 0 Å². The summed E-state index contributed by atoms with van der Waals surface area (Å²) in [7, 11) is 2.07. The number of nitrogen functional groups attached to an aromatic ring is 1.